The number of carbonyl (C=O) groups is 2. The highest BCUT2D eigenvalue weighted by Gasteiger charge is 2.51. The maximum atomic E-state index is 12.6. The number of fused-ring (bicyclic) bond motifs is 3. The van der Waals surface area contributed by atoms with Crippen molar-refractivity contribution in [1.82, 2.24) is 0 Å². The second-order valence-electron chi connectivity index (χ2n) is 6.66. The first-order valence-electron chi connectivity index (χ1n) is 7.19. The lowest BCUT2D eigenvalue weighted by molar-refractivity contribution is -0.125. The molecule has 1 aromatic rings. The van der Waals surface area contributed by atoms with Crippen LogP contribution in [0.3, 0.4) is 0 Å². The number of allylic oxidation sites excluding steroid dienone is 2. The molecule has 0 bridgehead atoms. The summed E-state index contributed by atoms with van der Waals surface area (Å²) in [5.74, 6) is -0.358. The van der Waals surface area contributed by atoms with Gasteiger partial charge in [-0.05, 0) is 39.2 Å². The molecule has 2 aliphatic carbocycles. The highest BCUT2D eigenvalue weighted by Crippen LogP contribution is 2.53. The van der Waals surface area contributed by atoms with Crippen LogP contribution in [0, 0.1) is 12.3 Å². The molecule has 104 valence electrons. The fraction of sp³-hybridized carbons (Fsp3) is 0.444. The van der Waals surface area contributed by atoms with Crippen molar-refractivity contribution in [3.05, 3.63) is 46.0 Å². The zero-order valence-corrected chi connectivity index (χ0v) is 12.5. The maximum Gasteiger partial charge on any atom is 0.229 e. The topological polar surface area (TPSA) is 34.1 Å². The van der Waals surface area contributed by atoms with Gasteiger partial charge in [-0.2, -0.15) is 0 Å². The third kappa shape index (κ3) is 1.64. The Balaban J connectivity index is 2.25. The zero-order valence-electron chi connectivity index (χ0n) is 12.5. The van der Waals surface area contributed by atoms with Crippen molar-refractivity contribution in [1.29, 1.82) is 0 Å². The molecule has 0 aromatic heterocycles. The molecule has 0 spiro atoms. The Hall–Kier alpha value is -1.70. The molecule has 2 heteroatoms. The Bertz CT molecular complexity index is 666. The van der Waals surface area contributed by atoms with Crippen LogP contribution in [-0.2, 0) is 4.79 Å². The maximum absolute atomic E-state index is 12.6. The predicted octanol–water partition coefficient (Wildman–Crippen LogP) is 3.98. The summed E-state index contributed by atoms with van der Waals surface area (Å²) in [4.78, 5) is 25.0. The molecule has 3 rings (SSSR count). The monoisotopic (exact) mass is 268 g/mol. The van der Waals surface area contributed by atoms with E-state index in [1.54, 1.807) is 0 Å². The molecule has 0 radical (unpaired) electrons. The minimum absolute atomic E-state index is 0.145. The quantitative estimate of drug-likeness (QED) is 0.527. The first-order chi connectivity index (χ1) is 9.34. The number of hydrogen-bond acceptors (Lipinski definition) is 2. The SMILES string of the molecule is CC1=C(C)CC2(C)C(=O)C(=O)c3ccc(C)cc3C2C1. The average molecular weight is 268 g/mol. The normalized spacial score (nSPS) is 29.3. The Kier molecular flexibility index (Phi) is 2.75. The number of carbonyl (C=O) groups excluding carboxylic acids is 2. The van der Waals surface area contributed by atoms with E-state index in [-0.39, 0.29) is 17.5 Å². The predicted molar refractivity (Wildman–Crippen MR) is 79.0 cm³/mol. The van der Waals surface area contributed by atoms with Crippen LogP contribution in [0.25, 0.3) is 0 Å². The lowest BCUT2D eigenvalue weighted by Gasteiger charge is -2.44. The van der Waals surface area contributed by atoms with E-state index in [1.807, 2.05) is 26.0 Å². The number of benzene rings is 1. The van der Waals surface area contributed by atoms with Gasteiger partial charge in [-0.25, -0.2) is 0 Å². The molecule has 0 N–H and O–H groups in total. The number of aryl methyl sites for hydroxylation is 1. The van der Waals surface area contributed by atoms with E-state index in [4.69, 9.17) is 0 Å². The van der Waals surface area contributed by atoms with Gasteiger partial charge >= 0.3 is 0 Å². The van der Waals surface area contributed by atoms with Crippen LogP contribution >= 0.6 is 0 Å². The lowest BCUT2D eigenvalue weighted by Crippen LogP contribution is -2.45. The second-order valence-corrected chi connectivity index (χ2v) is 6.66. The van der Waals surface area contributed by atoms with Crippen molar-refractivity contribution in [3.63, 3.8) is 0 Å². The molecule has 2 nitrogen and oxygen atoms in total. The summed E-state index contributed by atoms with van der Waals surface area (Å²) in [6.45, 7) is 8.24. The van der Waals surface area contributed by atoms with Gasteiger partial charge in [-0.3, -0.25) is 9.59 Å². The average Bonchev–Trinajstić information content (AvgIpc) is 2.40. The van der Waals surface area contributed by atoms with Gasteiger partial charge in [0.05, 0.1) is 0 Å². The standard InChI is InChI=1S/C18H20O2/c1-10-5-6-13-14(7-10)15-8-11(2)12(3)9-18(15,4)17(20)16(13)19/h5-7,15H,8-9H2,1-4H3. The highest BCUT2D eigenvalue weighted by molar-refractivity contribution is 6.46. The van der Waals surface area contributed by atoms with Crippen LogP contribution in [0.15, 0.2) is 29.3 Å². The Morgan fingerprint density at radius 3 is 2.50 bits per heavy atom. The molecule has 1 aromatic carbocycles. The fourth-order valence-electron chi connectivity index (χ4n) is 3.78. The van der Waals surface area contributed by atoms with Gasteiger partial charge in [0.1, 0.15) is 0 Å². The molecule has 0 amide bonds. The first kappa shape index (κ1) is 13.3. The van der Waals surface area contributed by atoms with E-state index >= 15 is 0 Å². The van der Waals surface area contributed by atoms with Crippen molar-refractivity contribution in [2.45, 2.75) is 46.5 Å². The van der Waals surface area contributed by atoms with Crippen LogP contribution < -0.4 is 0 Å². The third-order valence-corrected chi connectivity index (χ3v) is 5.19. The molecule has 2 atom stereocenters. The van der Waals surface area contributed by atoms with Crippen molar-refractivity contribution < 1.29 is 9.59 Å². The van der Waals surface area contributed by atoms with Crippen molar-refractivity contribution in [2.24, 2.45) is 5.41 Å². The van der Waals surface area contributed by atoms with Gasteiger partial charge in [-0.1, -0.05) is 41.8 Å². The highest BCUT2D eigenvalue weighted by atomic mass is 16.2. The number of hydrogen-bond donors (Lipinski definition) is 0. The van der Waals surface area contributed by atoms with E-state index in [2.05, 4.69) is 19.9 Å². The summed E-state index contributed by atoms with van der Waals surface area (Å²) in [5, 5.41) is 0. The lowest BCUT2D eigenvalue weighted by atomic mass is 9.57. The van der Waals surface area contributed by atoms with Gasteiger partial charge in [-0.15, -0.1) is 0 Å². The summed E-state index contributed by atoms with van der Waals surface area (Å²) in [7, 11) is 0. The van der Waals surface area contributed by atoms with Crippen LogP contribution in [0.2, 0.25) is 0 Å². The van der Waals surface area contributed by atoms with Crippen molar-refractivity contribution in [2.75, 3.05) is 0 Å². The second kappa shape index (κ2) is 4.15. The van der Waals surface area contributed by atoms with Crippen LogP contribution in [0.5, 0.6) is 0 Å². The number of rotatable bonds is 0. The van der Waals surface area contributed by atoms with Crippen LogP contribution in [0.1, 0.15) is 61.0 Å². The van der Waals surface area contributed by atoms with Gasteiger partial charge < -0.3 is 0 Å². The summed E-state index contributed by atoms with van der Waals surface area (Å²) >= 11 is 0. The van der Waals surface area contributed by atoms with Gasteiger partial charge in [0.2, 0.25) is 11.6 Å². The smallest absolute Gasteiger partial charge is 0.229 e. The van der Waals surface area contributed by atoms with E-state index < -0.39 is 5.41 Å². The Labute approximate surface area is 119 Å². The zero-order chi connectivity index (χ0) is 14.7. The molecule has 0 fully saturated rings. The van der Waals surface area contributed by atoms with Gasteiger partial charge in [0, 0.05) is 16.9 Å². The summed E-state index contributed by atoms with van der Waals surface area (Å²) in [6, 6.07) is 5.84. The van der Waals surface area contributed by atoms with E-state index in [9.17, 15) is 9.59 Å². The first-order valence-corrected chi connectivity index (χ1v) is 7.19. The summed E-state index contributed by atoms with van der Waals surface area (Å²) in [6.07, 6.45) is 1.60. The van der Waals surface area contributed by atoms with Crippen molar-refractivity contribution >= 4 is 11.6 Å². The molecule has 2 aliphatic rings. The molecule has 0 saturated heterocycles. The van der Waals surface area contributed by atoms with E-state index in [0.29, 0.717) is 12.0 Å². The number of ketones is 2. The minimum atomic E-state index is -0.554. The van der Waals surface area contributed by atoms with Gasteiger partial charge in [0.25, 0.3) is 0 Å². The number of Topliss-reactive ketones (excluding diaryl/α,β-unsaturated/α-hetero) is 2. The molecule has 2 unspecified atom stereocenters. The summed E-state index contributed by atoms with van der Waals surface area (Å²) < 4.78 is 0. The largest absolute Gasteiger partial charge is 0.290 e. The summed E-state index contributed by atoms with van der Waals surface area (Å²) in [5.41, 5.74) is 4.92. The van der Waals surface area contributed by atoms with E-state index in [0.717, 1.165) is 17.5 Å². The van der Waals surface area contributed by atoms with E-state index in [1.165, 1.54) is 11.1 Å². The fourth-order valence-corrected chi connectivity index (χ4v) is 3.78. The van der Waals surface area contributed by atoms with Gasteiger partial charge in [0.15, 0.2) is 0 Å². The van der Waals surface area contributed by atoms with Crippen LogP contribution in [0.4, 0.5) is 0 Å². The Morgan fingerprint density at radius 1 is 1.10 bits per heavy atom. The molecule has 20 heavy (non-hydrogen) atoms. The molecular formula is C18H20O2. The molecule has 0 saturated carbocycles. The molecular weight excluding hydrogens is 248 g/mol. The minimum Gasteiger partial charge on any atom is -0.290 e. The third-order valence-electron chi connectivity index (χ3n) is 5.19. The molecule has 0 aliphatic heterocycles. The molecule has 0 heterocycles. The Morgan fingerprint density at radius 2 is 1.80 bits per heavy atom. The van der Waals surface area contributed by atoms with Crippen LogP contribution in [-0.4, -0.2) is 11.6 Å². The van der Waals surface area contributed by atoms with Crippen molar-refractivity contribution in [3.8, 4) is 0 Å².